The SMILES string of the molecule is CCCCC(C=C1CNC1)CC. The maximum absolute atomic E-state index is 3.28. The van der Waals surface area contributed by atoms with Gasteiger partial charge in [0.25, 0.3) is 0 Å². The summed E-state index contributed by atoms with van der Waals surface area (Å²) in [4.78, 5) is 0. The lowest BCUT2D eigenvalue weighted by molar-refractivity contribution is 0.526. The minimum Gasteiger partial charge on any atom is -0.309 e. The average Bonchev–Trinajstić information content (AvgIpc) is 2.02. The zero-order chi connectivity index (χ0) is 8.81. The van der Waals surface area contributed by atoms with Crippen molar-refractivity contribution >= 4 is 0 Å². The van der Waals surface area contributed by atoms with Crippen LogP contribution in [0.2, 0.25) is 0 Å². The van der Waals surface area contributed by atoms with Crippen LogP contribution in [0.4, 0.5) is 0 Å². The fourth-order valence-electron chi connectivity index (χ4n) is 1.59. The molecule has 0 aromatic heterocycles. The zero-order valence-corrected chi connectivity index (χ0v) is 8.40. The summed E-state index contributed by atoms with van der Waals surface area (Å²) in [5.74, 6) is 0.849. The van der Waals surface area contributed by atoms with E-state index in [1.54, 1.807) is 5.57 Å². The van der Waals surface area contributed by atoms with Gasteiger partial charge in [-0.05, 0) is 24.3 Å². The molecule has 0 amide bonds. The monoisotopic (exact) mass is 167 g/mol. The van der Waals surface area contributed by atoms with Gasteiger partial charge < -0.3 is 5.32 Å². The van der Waals surface area contributed by atoms with Crippen LogP contribution in [0.5, 0.6) is 0 Å². The van der Waals surface area contributed by atoms with Gasteiger partial charge in [-0.25, -0.2) is 0 Å². The molecule has 1 nitrogen and oxygen atoms in total. The van der Waals surface area contributed by atoms with Crippen molar-refractivity contribution in [3.63, 3.8) is 0 Å². The van der Waals surface area contributed by atoms with Crippen LogP contribution < -0.4 is 5.32 Å². The molecule has 1 aliphatic heterocycles. The first kappa shape index (κ1) is 9.79. The highest BCUT2D eigenvalue weighted by molar-refractivity contribution is 5.15. The molecule has 1 rings (SSSR count). The summed E-state index contributed by atoms with van der Waals surface area (Å²) in [6.07, 6.45) is 7.90. The molecule has 1 heterocycles. The minimum absolute atomic E-state index is 0.849. The molecular weight excluding hydrogens is 146 g/mol. The first-order valence-electron chi connectivity index (χ1n) is 5.27. The van der Waals surface area contributed by atoms with E-state index in [2.05, 4.69) is 25.2 Å². The Hall–Kier alpha value is -0.300. The fourth-order valence-corrected chi connectivity index (χ4v) is 1.59. The lowest BCUT2D eigenvalue weighted by Crippen LogP contribution is -2.34. The van der Waals surface area contributed by atoms with E-state index in [1.165, 1.54) is 25.7 Å². The number of allylic oxidation sites excluding steroid dienone is 1. The van der Waals surface area contributed by atoms with Crippen LogP contribution in [0, 0.1) is 5.92 Å². The van der Waals surface area contributed by atoms with E-state index >= 15 is 0 Å². The molecule has 1 fully saturated rings. The Bertz CT molecular complexity index is 143. The fraction of sp³-hybridized carbons (Fsp3) is 0.818. The molecule has 1 aliphatic rings. The van der Waals surface area contributed by atoms with Gasteiger partial charge in [0, 0.05) is 13.1 Å². The molecule has 0 saturated carbocycles. The second kappa shape index (κ2) is 5.36. The predicted octanol–water partition coefficient (Wildman–Crippen LogP) is 2.73. The van der Waals surface area contributed by atoms with Crippen molar-refractivity contribution in [3.8, 4) is 0 Å². The van der Waals surface area contributed by atoms with Crippen LogP contribution in [0.1, 0.15) is 39.5 Å². The van der Waals surface area contributed by atoms with E-state index in [-0.39, 0.29) is 0 Å². The average molecular weight is 167 g/mol. The molecule has 1 atom stereocenters. The van der Waals surface area contributed by atoms with Crippen LogP contribution in [-0.2, 0) is 0 Å². The lowest BCUT2D eigenvalue weighted by Gasteiger charge is -2.21. The molecule has 1 N–H and O–H groups in total. The van der Waals surface area contributed by atoms with Gasteiger partial charge in [0.05, 0.1) is 0 Å². The van der Waals surface area contributed by atoms with Crippen LogP contribution >= 0.6 is 0 Å². The smallest absolute Gasteiger partial charge is 0.0180 e. The standard InChI is InChI=1S/C11H21N/c1-3-5-6-10(4-2)7-11-8-12-9-11/h7,10,12H,3-6,8-9H2,1-2H3. The van der Waals surface area contributed by atoms with Crippen LogP contribution in [0.3, 0.4) is 0 Å². The van der Waals surface area contributed by atoms with Crippen molar-refractivity contribution in [3.05, 3.63) is 11.6 Å². The summed E-state index contributed by atoms with van der Waals surface area (Å²) in [6.45, 7) is 6.85. The highest BCUT2D eigenvalue weighted by atomic mass is 14.9. The van der Waals surface area contributed by atoms with Crippen LogP contribution in [0.25, 0.3) is 0 Å². The number of rotatable bonds is 5. The van der Waals surface area contributed by atoms with Gasteiger partial charge in [-0.15, -0.1) is 0 Å². The summed E-state index contributed by atoms with van der Waals surface area (Å²) >= 11 is 0. The molecule has 0 bridgehead atoms. The molecule has 1 unspecified atom stereocenters. The number of hydrogen-bond donors (Lipinski definition) is 1. The highest BCUT2D eigenvalue weighted by Gasteiger charge is 2.09. The van der Waals surface area contributed by atoms with Gasteiger partial charge in [-0.1, -0.05) is 32.8 Å². The van der Waals surface area contributed by atoms with Crippen molar-refractivity contribution in [2.45, 2.75) is 39.5 Å². The van der Waals surface area contributed by atoms with Crippen molar-refractivity contribution in [1.29, 1.82) is 0 Å². The van der Waals surface area contributed by atoms with Crippen molar-refractivity contribution in [1.82, 2.24) is 5.32 Å². The summed E-state index contributed by atoms with van der Waals surface area (Å²) in [7, 11) is 0. The molecule has 1 saturated heterocycles. The third-order valence-electron chi connectivity index (χ3n) is 2.63. The maximum atomic E-state index is 3.28. The molecule has 0 aliphatic carbocycles. The van der Waals surface area contributed by atoms with Crippen molar-refractivity contribution in [2.24, 2.45) is 5.92 Å². The third kappa shape index (κ3) is 2.98. The lowest BCUT2D eigenvalue weighted by atomic mass is 9.95. The Morgan fingerprint density at radius 3 is 2.58 bits per heavy atom. The largest absolute Gasteiger partial charge is 0.309 e. The Morgan fingerprint density at radius 1 is 1.42 bits per heavy atom. The van der Waals surface area contributed by atoms with Gasteiger partial charge in [0.15, 0.2) is 0 Å². The third-order valence-corrected chi connectivity index (χ3v) is 2.63. The van der Waals surface area contributed by atoms with Gasteiger partial charge in [0.1, 0.15) is 0 Å². The number of nitrogens with one attached hydrogen (secondary N) is 1. The topological polar surface area (TPSA) is 12.0 Å². The molecular formula is C11H21N. The van der Waals surface area contributed by atoms with E-state index in [1.807, 2.05) is 0 Å². The molecule has 12 heavy (non-hydrogen) atoms. The Balaban J connectivity index is 2.24. The van der Waals surface area contributed by atoms with E-state index in [0.717, 1.165) is 19.0 Å². The van der Waals surface area contributed by atoms with Crippen LogP contribution in [-0.4, -0.2) is 13.1 Å². The van der Waals surface area contributed by atoms with E-state index < -0.39 is 0 Å². The molecule has 70 valence electrons. The summed E-state index contributed by atoms with van der Waals surface area (Å²) in [5, 5.41) is 3.28. The van der Waals surface area contributed by atoms with Crippen molar-refractivity contribution < 1.29 is 0 Å². The first-order valence-corrected chi connectivity index (χ1v) is 5.27. The highest BCUT2D eigenvalue weighted by Crippen LogP contribution is 2.17. The first-order chi connectivity index (χ1) is 5.86. The number of unbranched alkanes of at least 4 members (excludes halogenated alkanes) is 1. The van der Waals surface area contributed by atoms with Gasteiger partial charge in [-0.2, -0.15) is 0 Å². The van der Waals surface area contributed by atoms with E-state index in [0.29, 0.717) is 0 Å². The van der Waals surface area contributed by atoms with Gasteiger partial charge in [0.2, 0.25) is 0 Å². The Morgan fingerprint density at radius 2 is 2.17 bits per heavy atom. The Labute approximate surface area is 76.2 Å². The Kier molecular flexibility index (Phi) is 4.37. The predicted molar refractivity (Wildman–Crippen MR) is 54.3 cm³/mol. The van der Waals surface area contributed by atoms with Gasteiger partial charge >= 0.3 is 0 Å². The summed E-state index contributed by atoms with van der Waals surface area (Å²) < 4.78 is 0. The van der Waals surface area contributed by atoms with E-state index in [9.17, 15) is 0 Å². The molecule has 0 spiro atoms. The molecule has 0 aromatic rings. The molecule has 1 heteroatoms. The number of hydrogen-bond acceptors (Lipinski definition) is 1. The molecule has 0 radical (unpaired) electrons. The zero-order valence-electron chi connectivity index (χ0n) is 8.40. The second-order valence-electron chi connectivity index (χ2n) is 3.74. The quantitative estimate of drug-likeness (QED) is 0.621. The van der Waals surface area contributed by atoms with Gasteiger partial charge in [-0.3, -0.25) is 0 Å². The van der Waals surface area contributed by atoms with Crippen LogP contribution in [0.15, 0.2) is 11.6 Å². The maximum Gasteiger partial charge on any atom is 0.0180 e. The molecule has 0 aromatic carbocycles. The van der Waals surface area contributed by atoms with E-state index in [4.69, 9.17) is 0 Å². The summed E-state index contributed by atoms with van der Waals surface area (Å²) in [5.41, 5.74) is 1.62. The summed E-state index contributed by atoms with van der Waals surface area (Å²) in [6, 6.07) is 0. The van der Waals surface area contributed by atoms with Crippen molar-refractivity contribution in [2.75, 3.05) is 13.1 Å². The normalized spacial score (nSPS) is 18.7. The second-order valence-corrected chi connectivity index (χ2v) is 3.74. The minimum atomic E-state index is 0.849.